The predicted octanol–water partition coefficient (Wildman–Crippen LogP) is 3.67. The third-order valence-corrected chi connectivity index (χ3v) is 6.88. The number of anilines is 1. The number of halogens is 1. The van der Waals surface area contributed by atoms with E-state index in [1.54, 1.807) is 26.1 Å². The Kier molecular flexibility index (Phi) is 5.77. The smallest absolute Gasteiger partial charge is 0.213 e. The molecule has 0 spiro atoms. The molecule has 0 amide bonds. The first-order valence-electron chi connectivity index (χ1n) is 9.14. The number of nitrogens with one attached hydrogen (secondary N) is 2. The first-order chi connectivity index (χ1) is 12.3. The van der Waals surface area contributed by atoms with Crippen LogP contribution < -0.4 is 10.0 Å². The van der Waals surface area contributed by atoms with E-state index < -0.39 is 15.3 Å². The number of aromatic nitrogens is 1. The molecule has 0 unspecified atom stereocenters. The summed E-state index contributed by atoms with van der Waals surface area (Å²) in [7, 11) is -3.20. The molecule has 1 aliphatic carbocycles. The van der Waals surface area contributed by atoms with E-state index in [1.807, 2.05) is 12.1 Å². The van der Waals surface area contributed by atoms with Crippen molar-refractivity contribution < 1.29 is 12.8 Å². The van der Waals surface area contributed by atoms with Crippen LogP contribution in [0.15, 0.2) is 30.5 Å². The molecule has 0 saturated heterocycles. The SMILES string of the molecule is CC(C)S(=O)(=O)NCC1CCC(Nc2cc(F)c3ncccc3c2)CC1. The van der Waals surface area contributed by atoms with E-state index >= 15 is 0 Å². The summed E-state index contributed by atoms with van der Waals surface area (Å²) in [6.07, 6.45) is 5.39. The van der Waals surface area contributed by atoms with Crippen LogP contribution in [0.3, 0.4) is 0 Å². The maximum absolute atomic E-state index is 14.2. The summed E-state index contributed by atoms with van der Waals surface area (Å²) in [5.74, 6) is 0.0430. The van der Waals surface area contributed by atoms with E-state index in [0.717, 1.165) is 36.8 Å². The second kappa shape index (κ2) is 7.88. The average molecular weight is 380 g/mol. The van der Waals surface area contributed by atoms with Crippen molar-refractivity contribution in [3.05, 3.63) is 36.3 Å². The number of pyridine rings is 1. The van der Waals surface area contributed by atoms with Gasteiger partial charge in [-0.05, 0) is 63.6 Å². The number of sulfonamides is 1. The summed E-state index contributed by atoms with van der Waals surface area (Å²) in [5, 5.41) is 3.80. The second-order valence-electron chi connectivity index (χ2n) is 7.34. The highest BCUT2D eigenvalue weighted by molar-refractivity contribution is 7.90. The van der Waals surface area contributed by atoms with E-state index in [2.05, 4.69) is 15.0 Å². The minimum absolute atomic E-state index is 0.279. The lowest BCUT2D eigenvalue weighted by atomic mass is 9.86. The molecule has 2 N–H and O–H groups in total. The fourth-order valence-electron chi connectivity index (χ4n) is 3.38. The molecule has 0 radical (unpaired) electrons. The van der Waals surface area contributed by atoms with Crippen molar-refractivity contribution in [3.63, 3.8) is 0 Å². The van der Waals surface area contributed by atoms with Gasteiger partial charge in [0, 0.05) is 29.9 Å². The van der Waals surface area contributed by atoms with Gasteiger partial charge in [0.15, 0.2) is 5.82 Å². The highest BCUT2D eigenvalue weighted by Crippen LogP contribution is 2.28. The van der Waals surface area contributed by atoms with Gasteiger partial charge in [0.05, 0.1) is 5.25 Å². The van der Waals surface area contributed by atoms with E-state index in [-0.39, 0.29) is 11.9 Å². The molecule has 1 heterocycles. The van der Waals surface area contributed by atoms with Crippen LogP contribution in [-0.2, 0) is 10.0 Å². The predicted molar refractivity (Wildman–Crippen MR) is 103 cm³/mol. The van der Waals surface area contributed by atoms with Gasteiger partial charge in [0.25, 0.3) is 0 Å². The normalized spacial score (nSPS) is 21.2. The number of nitrogens with zero attached hydrogens (tertiary/aromatic N) is 1. The van der Waals surface area contributed by atoms with Gasteiger partial charge < -0.3 is 5.32 Å². The standard InChI is InChI=1S/C19H26FN3O2S/c1-13(2)26(24,25)22-12-14-5-7-16(8-6-14)23-17-10-15-4-3-9-21-19(15)18(20)11-17/h3-4,9-11,13-14,16,22-23H,5-8,12H2,1-2H3. The van der Waals surface area contributed by atoms with Gasteiger partial charge in [-0.2, -0.15) is 0 Å². The van der Waals surface area contributed by atoms with E-state index in [4.69, 9.17) is 0 Å². The number of fused-ring (bicyclic) bond motifs is 1. The zero-order chi connectivity index (χ0) is 18.7. The molecule has 0 atom stereocenters. The molecule has 1 saturated carbocycles. The lowest BCUT2D eigenvalue weighted by molar-refractivity contribution is 0.337. The molecule has 7 heteroatoms. The van der Waals surface area contributed by atoms with E-state index in [9.17, 15) is 12.8 Å². The Balaban J connectivity index is 1.54. The monoisotopic (exact) mass is 379 g/mol. The molecular weight excluding hydrogens is 353 g/mol. The Morgan fingerprint density at radius 3 is 2.65 bits per heavy atom. The number of hydrogen-bond donors (Lipinski definition) is 2. The lowest BCUT2D eigenvalue weighted by Crippen LogP contribution is -2.37. The van der Waals surface area contributed by atoms with Crippen LogP contribution in [0.4, 0.5) is 10.1 Å². The molecule has 1 aromatic heterocycles. The molecular formula is C19H26FN3O2S. The Morgan fingerprint density at radius 1 is 1.23 bits per heavy atom. The van der Waals surface area contributed by atoms with Crippen LogP contribution >= 0.6 is 0 Å². The highest BCUT2D eigenvalue weighted by Gasteiger charge is 2.24. The van der Waals surface area contributed by atoms with Crippen LogP contribution in [-0.4, -0.2) is 31.2 Å². The van der Waals surface area contributed by atoms with Crippen molar-refractivity contribution in [2.75, 3.05) is 11.9 Å². The molecule has 0 bridgehead atoms. The van der Waals surface area contributed by atoms with Gasteiger partial charge in [0.2, 0.25) is 10.0 Å². The maximum Gasteiger partial charge on any atom is 0.213 e. The van der Waals surface area contributed by atoms with Crippen LogP contribution in [0, 0.1) is 11.7 Å². The largest absolute Gasteiger partial charge is 0.382 e. The zero-order valence-electron chi connectivity index (χ0n) is 15.2. The quantitative estimate of drug-likeness (QED) is 0.803. The summed E-state index contributed by atoms with van der Waals surface area (Å²) in [6.45, 7) is 3.87. The first kappa shape index (κ1) is 19.0. The van der Waals surface area contributed by atoms with Crippen LogP contribution in [0.1, 0.15) is 39.5 Å². The Hall–Kier alpha value is -1.73. The first-order valence-corrected chi connectivity index (χ1v) is 10.7. The van der Waals surface area contributed by atoms with Crippen LogP contribution in [0.2, 0.25) is 0 Å². The molecule has 1 aliphatic rings. The summed E-state index contributed by atoms with van der Waals surface area (Å²) >= 11 is 0. The van der Waals surface area contributed by atoms with Crippen molar-refractivity contribution in [1.29, 1.82) is 0 Å². The lowest BCUT2D eigenvalue weighted by Gasteiger charge is -2.30. The molecule has 3 rings (SSSR count). The van der Waals surface area contributed by atoms with Crippen molar-refractivity contribution in [3.8, 4) is 0 Å². The van der Waals surface area contributed by atoms with Crippen molar-refractivity contribution >= 4 is 26.6 Å². The Labute approximate surface area is 154 Å². The molecule has 5 nitrogen and oxygen atoms in total. The van der Waals surface area contributed by atoms with Crippen molar-refractivity contribution in [2.45, 2.75) is 50.8 Å². The van der Waals surface area contributed by atoms with Crippen molar-refractivity contribution in [1.82, 2.24) is 9.71 Å². The molecule has 1 aromatic carbocycles. The minimum Gasteiger partial charge on any atom is -0.382 e. The van der Waals surface area contributed by atoms with E-state index in [1.165, 1.54) is 6.07 Å². The number of hydrogen-bond acceptors (Lipinski definition) is 4. The number of rotatable bonds is 6. The summed E-state index contributed by atoms with van der Waals surface area (Å²) in [4.78, 5) is 4.07. The van der Waals surface area contributed by atoms with Gasteiger partial charge in [-0.25, -0.2) is 17.5 Å². The van der Waals surface area contributed by atoms with Gasteiger partial charge >= 0.3 is 0 Å². The minimum atomic E-state index is -3.20. The van der Waals surface area contributed by atoms with Crippen LogP contribution in [0.5, 0.6) is 0 Å². The topological polar surface area (TPSA) is 71.1 Å². The highest BCUT2D eigenvalue weighted by atomic mass is 32.2. The third-order valence-electron chi connectivity index (χ3n) is 5.07. The fraction of sp³-hybridized carbons (Fsp3) is 0.526. The molecule has 2 aromatic rings. The third kappa shape index (κ3) is 4.51. The second-order valence-corrected chi connectivity index (χ2v) is 9.66. The number of benzene rings is 1. The van der Waals surface area contributed by atoms with Gasteiger partial charge in [-0.1, -0.05) is 6.07 Å². The summed E-state index contributed by atoms with van der Waals surface area (Å²) in [6, 6.07) is 7.36. The molecule has 1 fully saturated rings. The van der Waals surface area contributed by atoms with E-state index in [0.29, 0.717) is 18.0 Å². The summed E-state index contributed by atoms with van der Waals surface area (Å²) < 4.78 is 40.6. The Morgan fingerprint density at radius 2 is 1.96 bits per heavy atom. The molecule has 26 heavy (non-hydrogen) atoms. The van der Waals surface area contributed by atoms with Crippen LogP contribution in [0.25, 0.3) is 10.9 Å². The Bertz CT molecular complexity index is 862. The zero-order valence-corrected chi connectivity index (χ0v) is 16.0. The maximum atomic E-state index is 14.2. The summed E-state index contributed by atoms with van der Waals surface area (Å²) in [5.41, 5.74) is 1.16. The molecule has 142 valence electrons. The molecule has 0 aliphatic heterocycles. The van der Waals surface area contributed by atoms with Crippen molar-refractivity contribution in [2.24, 2.45) is 5.92 Å². The van der Waals surface area contributed by atoms with Gasteiger partial charge in [-0.3, -0.25) is 4.98 Å². The fourth-order valence-corrected chi connectivity index (χ4v) is 4.18. The van der Waals surface area contributed by atoms with Gasteiger partial charge in [-0.15, -0.1) is 0 Å². The van der Waals surface area contributed by atoms with Gasteiger partial charge in [0.1, 0.15) is 5.52 Å². The average Bonchev–Trinajstić information content (AvgIpc) is 2.61.